The van der Waals surface area contributed by atoms with Crippen LogP contribution in [0.3, 0.4) is 0 Å². The van der Waals surface area contributed by atoms with Gasteiger partial charge < -0.3 is 40.1 Å². The van der Waals surface area contributed by atoms with Crippen molar-refractivity contribution in [3.05, 3.63) is 48.5 Å². The summed E-state index contributed by atoms with van der Waals surface area (Å²) in [5, 5.41) is 8.10. The molecular weight excluding hydrogens is 552 g/mol. The number of likely N-dealkylation sites (N-methyl/N-ethyl adjacent to an activating group) is 3. The van der Waals surface area contributed by atoms with E-state index < -0.39 is 35.5 Å². The Labute approximate surface area is 253 Å². The first-order valence-electron chi connectivity index (χ1n) is 14.1. The van der Waals surface area contributed by atoms with Crippen LogP contribution in [0.25, 0.3) is 0 Å². The van der Waals surface area contributed by atoms with Crippen LogP contribution in [0.15, 0.2) is 48.5 Å². The molecule has 0 unspecified atom stereocenters. The quantitative estimate of drug-likeness (QED) is 0.475. The second kappa shape index (κ2) is 13.2. The Hall–Kier alpha value is -4.48. The first-order chi connectivity index (χ1) is 19.9. The molecule has 4 amide bonds. The van der Waals surface area contributed by atoms with Crippen molar-refractivity contribution in [3.8, 4) is 0 Å². The SMILES string of the molecule is CN1C[C@H](NC(=O)OC(C)(C)C)C(=O)N(C)c2ccccc21.CN1C[C@H](NC(=O)OC(C)(C)C)C(=O)Nc2ccccc21. The predicted molar refractivity (Wildman–Crippen MR) is 168 cm³/mol. The second-order valence-corrected chi connectivity index (χ2v) is 12.6. The molecule has 4 rings (SSSR count). The molecule has 12 nitrogen and oxygen atoms in total. The number of rotatable bonds is 2. The van der Waals surface area contributed by atoms with Crippen molar-refractivity contribution in [1.82, 2.24) is 10.6 Å². The standard InChI is InChI=1S/C16H23N3O3.C15H21N3O3/c1-16(2,3)22-15(21)17-11-10-18(4)12-8-6-7-9-13(12)19(5)14(11)20;1-15(2,3)21-14(20)17-11-9-18(4)12-8-6-5-7-10(12)16-13(11)19/h6-9,11H,10H2,1-5H3,(H,17,21);5-8,11H,9H2,1-4H3,(H,16,19)(H,17,20)/t2*11-/m00/s1. The van der Waals surface area contributed by atoms with E-state index in [1.807, 2.05) is 72.4 Å². The van der Waals surface area contributed by atoms with Crippen molar-refractivity contribution in [2.75, 3.05) is 54.2 Å². The lowest BCUT2D eigenvalue weighted by molar-refractivity contribution is -0.120. The summed E-state index contributed by atoms with van der Waals surface area (Å²) < 4.78 is 10.4. The first kappa shape index (κ1) is 33.0. The number of nitrogens with one attached hydrogen (secondary N) is 3. The van der Waals surface area contributed by atoms with E-state index in [-0.39, 0.29) is 11.8 Å². The zero-order valence-corrected chi connectivity index (χ0v) is 26.5. The van der Waals surface area contributed by atoms with Gasteiger partial charge in [0, 0.05) is 34.2 Å². The Morgan fingerprint density at radius 1 is 0.721 bits per heavy atom. The van der Waals surface area contributed by atoms with Crippen molar-refractivity contribution in [1.29, 1.82) is 0 Å². The van der Waals surface area contributed by atoms with E-state index in [1.165, 1.54) is 0 Å². The van der Waals surface area contributed by atoms with Crippen LogP contribution in [-0.2, 0) is 19.1 Å². The third-order valence-corrected chi connectivity index (χ3v) is 6.47. The highest BCUT2D eigenvalue weighted by molar-refractivity contribution is 6.03. The van der Waals surface area contributed by atoms with E-state index in [0.29, 0.717) is 13.1 Å². The molecule has 43 heavy (non-hydrogen) atoms. The minimum atomic E-state index is -0.669. The van der Waals surface area contributed by atoms with E-state index >= 15 is 0 Å². The van der Waals surface area contributed by atoms with Gasteiger partial charge >= 0.3 is 12.2 Å². The minimum Gasteiger partial charge on any atom is -0.444 e. The van der Waals surface area contributed by atoms with Gasteiger partial charge in [0.2, 0.25) is 5.91 Å². The maximum absolute atomic E-state index is 12.6. The number of fused-ring (bicyclic) bond motifs is 2. The fraction of sp³-hybridized carbons (Fsp3) is 0.484. The smallest absolute Gasteiger partial charge is 0.408 e. The summed E-state index contributed by atoms with van der Waals surface area (Å²) in [6.45, 7) is 11.5. The predicted octanol–water partition coefficient (Wildman–Crippen LogP) is 3.96. The average molecular weight is 597 g/mol. The molecule has 2 heterocycles. The summed E-state index contributed by atoms with van der Waals surface area (Å²) in [5.74, 6) is -0.416. The van der Waals surface area contributed by atoms with Gasteiger partial charge in [-0.05, 0) is 65.8 Å². The Balaban J connectivity index is 0.000000236. The number of hydrogen-bond acceptors (Lipinski definition) is 8. The van der Waals surface area contributed by atoms with Gasteiger partial charge in [-0.15, -0.1) is 0 Å². The Bertz CT molecular complexity index is 1330. The monoisotopic (exact) mass is 596 g/mol. The van der Waals surface area contributed by atoms with Crippen molar-refractivity contribution in [2.24, 2.45) is 0 Å². The van der Waals surface area contributed by atoms with E-state index in [0.717, 1.165) is 22.7 Å². The number of benzene rings is 2. The maximum atomic E-state index is 12.6. The van der Waals surface area contributed by atoms with Gasteiger partial charge in [-0.25, -0.2) is 9.59 Å². The second-order valence-electron chi connectivity index (χ2n) is 12.6. The fourth-order valence-corrected chi connectivity index (χ4v) is 4.58. The maximum Gasteiger partial charge on any atom is 0.408 e. The Morgan fingerprint density at radius 3 is 1.72 bits per heavy atom. The third-order valence-electron chi connectivity index (χ3n) is 6.47. The van der Waals surface area contributed by atoms with E-state index in [4.69, 9.17) is 9.47 Å². The van der Waals surface area contributed by atoms with Crippen LogP contribution >= 0.6 is 0 Å². The number of carbonyl (C=O) groups excluding carboxylic acids is 4. The van der Waals surface area contributed by atoms with Gasteiger partial charge in [0.05, 0.1) is 22.7 Å². The van der Waals surface area contributed by atoms with Gasteiger partial charge in [-0.3, -0.25) is 9.59 Å². The van der Waals surface area contributed by atoms with Crippen LogP contribution in [0.4, 0.5) is 32.3 Å². The molecule has 2 atom stereocenters. The Kier molecular flexibility index (Phi) is 10.2. The largest absolute Gasteiger partial charge is 0.444 e. The lowest BCUT2D eigenvalue weighted by atomic mass is 10.2. The van der Waals surface area contributed by atoms with Gasteiger partial charge in [0.15, 0.2) is 0 Å². The molecule has 0 spiro atoms. The topological polar surface area (TPSA) is 133 Å². The van der Waals surface area contributed by atoms with Crippen molar-refractivity contribution in [3.63, 3.8) is 0 Å². The molecule has 12 heteroatoms. The molecule has 2 aromatic rings. The number of para-hydroxylation sites is 4. The van der Waals surface area contributed by atoms with E-state index in [2.05, 4.69) is 16.0 Å². The van der Waals surface area contributed by atoms with Crippen molar-refractivity contribution < 1.29 is 28.7 Å². The molecule has 234 valence electrons. The number of ether oxygens (including phenoxy) is 2. The van der Waals surface area contributed by atoms with Crippen molar-refractivity contribution in [2.45, 2.75) is 64.8 Å². The molecule has 0 saturated carbocycles. The number of alkyl carbamates (subject to hydrolysis) is 2. The third kappa shape index (κ3) is 9.25. The molecule has 2 aromatic carbocycles. The summed E-state index contributed by atoms with van der Waals surface area (Å²) in [7, 11) is 5.49. The average Bonchev–Trinajstić information content (AvgIpc) is 3.06. The van der Waals surface area contributed by atoms with Gasteiger partial charge in [-0.1, -0.05) is 24.3 Å². The van der Waals surface area contributed by atoms with Gasteiger partial charge in [0.25, 0.3) is 5.91 Å². The van der Waals surface area contributed by atoms with Crippen LogP contribution in [-0.4, -0.2) is 81.5 Å². The molecular formula is C31H44N6O6. The highest BCUT2D eigenvalue weighted by atomic mass is 16.6. The molecule has 0 saturated heterocycles. The number of nitrogens with zero attached hydrogens (tertiary/aromatic N) is 3. The molecule has 0 fully saturated rings. The zero-order valence-electron chi connectivity index (χ0n) is 26.5. The van der Waals surface area contributed by atoms with Gasteiger partial charge in [0.1, 0.15) is 23.3 Å². The highest BCUT2D eigenvalue weighted by Gasteiger charge is 2.33. The first-order valence-corrected chi connectivity index (χ1v) is 14.1. The van der Waals surface area contributed by atoms with Crippen LogP contribution in [0, 0.1) is 0 Å². The zero-order chi connectivity index (χ0) is 32.1. The number of carbonyl (C=O) groups is 4. The lowest BCUT2D eigenvalue weighted by Crippen LogP contribution is -2.51. The van der Waals surface area contributed by atoms with E-state index in [9.17, 15) is 19.2 Å². The molecule has 3 N–H and O–H groups in total. The van der Waals surface area contributed by atoms with Crippen LogP contribution in [0.2, 0.25) is 0 Å². The summed E-state index contributed by atoms with van der Waals surface area (Å²) in [4.78, 5) is 54.0. The highest BCUT2D eigenvalue weighted by Crippen LogP contribution is 2.31. The van der Waals surface area contributed by atoms with Crippen LogP contribution < -0.4 is 30.7 Å². The Morgan fingerprint density at radius 2 is 1.16 bits per heavy atom. The summed E-state index contributed by atoms with van der Waals surface area (Å²) >= 11 is 0. The molecule has 0 bridgehead atoms. The normalized spacial score (nSPS) is 18.5. The van der Waals surface area contributed by atoms with Crippen molar-refractivity contribution >= 4 is 46.8 Å². The van der Waals surface area contributed by atoms with Crippen LogP contribution in [0.5, 0.6) is 0 Å². The molecule has 2 aliphatic heterocycles. The van der Waals surface area contributed by atoms with Gasteiger partial charge in [-0.2, -0.15) is 0 Å². The number of amides is 4. The van der Waals surface area contributed by atoms with Crippen LogP contribution in [0.1, 0.15) is 41.5 Å². The summed E-state index contributed by atoms with van der Waals surface area (Å²) in [5.41, 5.74) is 2.23. The van der Waals surface area contributed by atoms with E-state index in [1.54, 1.807) is 53.5 Å². The summed E-state index contributed by atoms with van der Waals surface area (Å²) in [6, 6.07) is 13.8. The fourth-order valence-electron chi connectivity index (χ4n) is 4.58. The molecule has 0 aromatic heterocycles. The minimum absolute atomic E-state index is 0.164. The lowest BCUT2D eigenvalue weighted by Gasteiger charge is -2.25. The molecule has 2 aliphatic rings. The molecule has 0 aliphatic carbocycles. The number of anilines is 4. The molecule has 0 radical (unpaired) electrons. The number of hydrogen-bond donors (Lipinski definition) is 3. The summed E-state index contributed by atoms with van der Waals surface area (Å²) in [6.07, 6.45) is -1.18.